The average molecular weight is 241 g/mol. The van der Waals surface area contributed by atoms with Gasteiger partial charge in [-0.25, -0.2) is 8.78 Å². The Morgan fingerprint density at radius 2 is 1.88 bits per heavy atom. The van der Waals surface area contributed by atoms with E-state index in [0.29, 0.717) is 11.3 Å². The van der Waals surface area contributed by atoms with Gasteiger partial charge >= 0.3 is 0 Å². The number of hydrogen-bond acceptors (Lipinski definition) is 3. The molecule has 1 aromatic carbocycles. The summed E-state index contributed by atoms with van der Waals surface area (Å²) in [5.74, 6) is -0.892. The summed E-state index contributed by atoms with van der Waals surface area (Å²) in [5, 5.41) is 6.30. The van der Waals surface area contributed by atoms with Crippen molar-refractivity contribution >= 4 is 17.6 Å². The van der Waals surface area contributed by atoms with Crippen LogP contribution in [0.3, 0.4) is 0 Å². The molecule has 2 aromatic rings. The number of halogens is 2. The number of aromatic amines is 1. The molecule has 84 valence electrons. The largest absolute Gasteiger partial charge is 0.382 e. The Labute approximate surface area is 95.0 Å². The highest BCUT2D eigenvalue weighted by Crippen LogP contribution is 2.28. The number of thioether (sulfide) groups is 1. The molecule has 0 atom stereocenters. The number of H-pyrrole nitrogens is 1. The van der Waals surface area contributed by atoms with E-state index in [9.17, 15) is 8.78 Å². The van der Waals surface area contributed by atoms with Crippen molar-refractivity contribution in [3.63, 3.8) is 0 Å². The van der Waals surface area contributed by atoms with Gasteiger partial charge in [-0.2, -0.15) is 5.10 Å². The Kier molecular flexibility index (Phi) is 2.82. The number of nitrogens with zero attached hydrogens (tertiary/aromatic N) is 1. The van der Waals surface area contributed by atoms with Crippen LogP contribution in [0.1, 0.15) is 0 Å². The van der Waals surface area contributed by atoms with Gasteiger partial charge in [0.25, 0.3) is 0 Å². The van der Waals surface area contributed by atoms with Gasteiger partial charge < -0.3 is 5.73 Å². The topological polar surface area (TPSA) is 54.7 Å². The molecule has 0 saturated carbocycles. The van der Waals surface area contributed by atoms with Crippen LogP contribution in [0.4, 0.5) is 14.6 Å². The predicted octanol–water partition coefficient (Wildman–Crippen LogP) is 2.66. The number of anilines is 1. The maximum Gasteiger partial charge on any atom is 0.145 e. The van der Waals surface area contributed by atoms with E-state index in [1.807, 2.05) is 0 Å². The Morgan fingerprint density at radius 3 is 2.31 bits per heavy atom. The standard InChI is InChI=1S/C10H9F2N3S/c1-16-10-6(11)2-5(3-7(10)12)8-4-9(13)15-14-8/h2-4H,1H3,(H3,13,14,15). The summed E-state index contributed by atoms with van der Waals surface area (Å²) in [6.07, 6.45) is 1.62. The summed E-state index contributed by atoms with van der Waals surface area (Å²) in [5.41, 5.74) is 6.29. The summed E-state index contributed by atoms with van der Waals surface area (Å²) in [6.45, 7) is 0. The van der Waals surface area contributed by atoms with Crippen molar-refractivity contribution in [3.8, 4) is 11.3 Å². The molecule has 0 aliphatic rings. The van der Waals surface area contributed by atoms with Crippen molar-refractivity contribution in [1.82, 2.24) is 10.2 Å². The molecule has 0 unspecified atom stereocenters. The molecule has 0 fully saturated rings. The maximum atomic E-state index is 13.5. The van der Waals surface area contributed by atoms with Crippen molar-refractivity contribution in [3.05, 3.63) is 29.8 Å². The van der Waals surface area contributed by atoms with Gasteiger partial charge in [0.05, 0.1) is 10.6 Å². The fourth-order valence-electron chi connectivity index (χ4n) is 1.40. The number of nitrogens with one attached hydrogen (secondary N) is 1. The maximum absolute atomic E-state index is 13.5. The third kappa shape index (κ3) is 1.88. The molecule has 3 nitrogen and oxygen atoms in total. The smallest absolute Gasteiger partial charge is 0.145 e. The van der Waals surface area contributed by atoms with Crippen molar-refractivity contribution < 1.29 is 8.78 Å². The second kappa shape index (κ2) is 4.13. The van der Waals surface area contributed by atoms with Crippen LogP contribution in [0, 0.1) is 11.6 Å². The Bertz CT molecular complexity index is 502. The van der Waals surface area contributed by atoms with E-state index in [1.165, 1.54) is 18.2 Å². The van der Waals surface area contributed by atoms with E-state index in [4.69, 9.17) is 5.73 Å². The minimum Gasteiger partial charge on any atom is -0.382 e. The third-order valence-electron chi connectivity index (χ3n) is 2.11. The number of rotatable bonds is 2. The minimum atomic E-state index is -0.587. The first-order valence-corrected chi connectivity index (χ1v) is 5.68. The van der Waals surface area contributed by atoms with Gasteiger partial charge in [-0.05, 0) is 18.4 Å². The van der Waals surface area contributed by atoms with E-state index < -0.39 is 11.6 Å². The van der Waals surface area contributed by atoms with Crippen LogP contribution in [-0.4, -0.2) is 16.5 Å². The van der Waals surface area contributed by atoms with Gasteiger partial charge in [0.1, 0.15) is 17.5 Å². The summed E-state index contributed by atoms with van der Waals surface area (Å²) >= 11 is 1.03. The highest BCUT2D eigenvalue weighted by molar-refractivity contribution is 7.98. The molecule has 0 aliphatic carbocycles. The molecule has 0 aliphatic heterocycles. The van der Waals surface area contributed by atoms with Gasteiger partial charge in [0.15, 0.2) is 0 Å². The van der Waals surface area contributed by atoms with Gasteiger partial charge in [-0.15, -0.1) is 11.8 Å². The van der Waals surface area contributed by atoms with Crippen LogP contribution in [0.2, 0.25) is 0 Å². The van der Waals surface area contributed by atoms with Gasteiger partial charge in [0.2, 0.25) is 0 Å². The summed E-state index contributed by atoms with van der Waals surface area (Å²) in [7, 11) is 0. The Morgan fingerprint density at radius 1 is 1.25 bits per heavy atom. The minimum absolute atomic E-state index is 0.0104. The van der Waals surface area contributed by atoms with E-state index >= 15 is 0 Å². The van der Waals surface area contributed by atoms with E-state index in [2.05, 4.69) is 10.2 Å². The van der Waals surface area contributed by atoms with E-state index in [-0.39, 0.29) is 10.7 Å². The molecule has 1 heterocycles. The Hall–Kier alpha value is -1.56. The van der Waals surface area contributed by atoms with Crippen LogP contribution in [-0.2, 0) is 0 Å². The van der Waals surface area contributed by atoms with Crippen molar-refractivity contribution in [2.24, 2.45) is 0 Å². The number of hydrogen-bond donors (Lipinski definition) is 2. The quantitative estimate of drug-likeness (QED) is 0.795. The fraction of sp³-hybridized carbons (Fsp3) is 0.100. The number of aromatic nitrogens is 2. The molecule has 0 radical (unpaired) electrons. The van der Waals surface area contributed by atoms with Crippen LogP contribution in [0.5, 0.6) is 0 Å². The third-order valence-corrected chi connectivity index (χ3v) is 2.91. The molecule has 2 rings (SSSR count). The van der Waals surface area contributed by atoms with Crippen molar-refractivity contribution in [1.29, 1.82) is 0 Å². The molecule has 1 aromatic heterocycles. The van der Waals surface area contributed by atoms with Crippen molar-refractivity contribution in [2.75, 3.05) is 12.0 Å². The Balaban J connectivity index is 2.52. The van der Waals surface area contributed by atoms with Crippen LogP contribution < -0.4 is 5.73 Å². The second-order valence-electron chi connectivity index (χ2n) is 3.18. The summed E-state index contributed by atoms with van der Waals surface area (Å²) < 4.78 is 27.0. The zero-order valence-electron chi connectivity index (χ0n) is 8.42. The lowest BCUT2D eigenvalue weighted by Gasteiger charge is -2.04. The first-order valence-electron chi connectivity index (χ1n) is 4.46. The first kappa shape index (κ1) is 10.9. The fourth-order valence-corrected chi connectivity index (χ4v) is 1.90. The van der Waals surface area contributed by atoms with Crippen LogP contribution in [0.15, 0.2) is 23.1 Å². The SMILES string of the molecule is CSc1c(F)cc(-c2cc(N)n[nH]2)cc1F. The molecular weight excluding hydrogens is 232 g/mol. The van der Waals surface area contributed by atoms with E-state index in [1.54, 1.807) is 6.26 Å². The van der Waals surface area contributed by atoms with Gasteiger partial charge in [-0.1, -0.05) is 0 Å². The zero-order valence-corrected chi connectivity index (χ0v) is 9.24. The number of nitrogen functional groups attached to an aromatic ring is 1. The predicted molar refractivity (Wildman–Crippen MR) is 60.1 cm³/mol. The molecule has 0 amide bonds. The molecule has 0 spiro atoms. The lowest BCUT2D eigenvalue weighted by Crippen LogP contribution is -1.89. The zero-order chi connectivity index (χ0) is 11.7. The summed E-state index contributed by atoms with van der Waals surface area (Å²) in [4.78, 5) is 0.0104. The van der Waals surface area contributed by atoms with Crippen LogP contribution in [0.25, 0.3) is 11.3 Å². The molecule has 3 N–H and O–H groups in total. The number of nitrogens with two attached hydrogens (primary N) is 1. The van der Waals surface area contributed by atoms with Gasteiger partial charge in [-0.3, -0.25) is 5.10 Å². The number of benzene rings is 1. The first-order chi connectivity index (χ1) is 7.61. The molecule has 0 saturated heterocycles. The normalized spacial score (nSPS) is 10.7. The van der Waals surface area contributed by atoms with Gasteiger partial charge in [0, 0.05) is 11.6 Å². The lowest BCUT2D eigenvalue weighted by atomic mass is 10.1. The molecule has 0 bridgehead atoms. The average Bonchev–Trinajstić information content (AvgIpc) is 2.64. The van der Waals surface area contributed by atoms with Crippen LogP contribution >= 0.6 is 11.8 Å². The monoisotopic (exact) mass is 241 g/mol. The molecule has 16 heavy (non-hydrogen) atoms. The second-order valence-corrected chi connectivity index (χ2v) is 4.00. The van der Waals surface area contributed by atoms with E-state index in [0.717, 1.165) is 11.8 Å². The summed E-state index contributed by atoms with van der Waals surface area (Å²) in [6, 6.07) is 4.02. The molecule has 6 heteroatoms. The molecular formula is C10H9F2N3S. The van der Waals surface area contributed by atoms with Crippen molar-refractivity contribution in [2.45, 2.75) is 4.90 Å². The highest BCUT2D eigenvalue weighted by atomic mass is 32.2. The highest BCUT2D eigenvalue weighted by Gasteiger charge is 2.12. The lowest BCUT2D eigenvalue weighted by molar-refractivity contribution is 0.541.